The predicted octanol–water partition coefficient (Wildman–Crippen LogP) is 3.76. The highest BCUT2D eigenvalue weighted by molar-refractivity contribution is 5.77. The summed E-state index contributed by atoms with van der Waals surface area (Å²) >= 11 is 0. The van der Waals surface area contributed by atoms with E-state index >= 15 is 0 Å². The van der Waals surface area contributed by atoms with Gasteiger partial charge in [-0.1, -0.05) is 12.1 Å². The van der Waals surface area contributed by atoms with Crippen LogP contribution in [0, 0.1) is 0 Å². The highest BCUT2D eigenvalue weighted by Gasteiger charge is 2.31. The smallest absolute Gasteiger partial charge is 0.481 e. The van der Waals surface area contributed by atoms with Crippen molar-refractivity contribution in [2.24, 2.45) is 0 Å². The fourth-order valence-electron chi connectivity index (χ4n) is 3.17. The molecule has 1 saturated heterocycles. The van der Waals surface area contributed by atoms with Crippen molar-refractivity contribution < 1.29 is 32.6 Å². The molecule has 1 aliphatic heterocycles. The number of hydrogen-bond acceptors (Lipinski definition) is 3. The number of likely N-dealkylation sites (tertiary alicyclic amines) is 1. The van der Waals surface area contributed by atoms with Crippen molar-refractivity contribution >= 4 is 11.9 Å². The molecule has 0 aromatic heterocycles. The number of nitrogens with zero attached hydrogens (tertiary/aromatic N) is 1. The van der Waals surface area contributed by atoms with Gasteiger partial charge in [-0.25, -0.2) is 0 Å². The standard InChI is InChI=1S/C18H22F3NO4/c19-18(20,21)26-15-8-4-13(5-9-15)6-10-16(23)22-12-2-1-3-14(22)7-11-17(24)25/h4-5,8-9,14H,1-3,6-7,10-12H2,(H,24,25). The first-order valence-corrected chi connectivity index (χ1v) is 8.60. The summed E-state index contributed by atoms with van der Waals surface area (Å²) < 4.78 is 40.2. The number of carboxylic acid groups (broad SMARTS) is 1. The lowest BCUT2D eigenvalue weighted by Gasteiger charge is -2.35. The van der Waals surface area contributed by atoms with Crippen LogP contribution in [0.2, 0.25) is 0 Å². The van der Waals surface area contributed by atoms with Gasteiger partial charge in [0.15, 0.2) is 0 Å². The molecule has 1 aromatic carbocycles. The molecule has 1 aliphatic rings. The highest BCUT2D eigenvalue weighted by atomic mass is 19.4. The van der Waals surface area contributed by atoms with Gasteiger partial charge in [0.25, 0.3) is 0 Å². The van der Waals surface area contributed by atoms with E-state index in [1.807, 2.05) is 0 Å². The SMILES string of the molecule is O=C(O)CCC1CCCCN1C(=O)CCc1ccc(OC(F)(F)F)cc1. The minimum atomic E-state index is -4.73. The molecule has 1 heterocycles. The first-order chi connectivity index (χ1) is 12.2. The van der Waals surface area contributed by atoms with Gasteiger partial charge < -0.3 is 14.7 Å². The van der Waals surface area contributed by atoms with Crippen LogP contribution in [0.5, 0.6) is 5.75 Å². The van der Waals surface area contributed by atoms with E-state index in [2.05, 4.69) is 4.74 Å². The molecule has 26 heavy (non-hydrogen) atoms. The summed E-state index contributed by atoms with van der Waals surface area (Å²) in [4.78, 5) is 25.0. The van der Waals surface area contributed by atoms with E-state index in [-0.39, 0.29) is 30.5 Å². The molecule has 0 aliphatic carbocycles. The van der Waals surface area contributed by atoms with Gasteiger partial charge in [0.05, 0.1) is 0 Å². The first kappa shape index (κ1) is 20.1. The van der Waals surface area contributed by atoms with Crippen LogP contribution in [0.1, 0.15) is 44.1 Å². The summed E-state index contributed by atoms with van der Waals surface area (Å²) in [7, 11) is 0. The molecule has 0 bridgehead atoms. The molecular formula is C18H22F3NO4. The summed E-state index contributed by atoms with van der Waals surface area (Å²) in [6.07, 6.45) is -0.900. The summed E-state index contributed by atoms with van der Waals surface area (Å²) in [5.41, 5.74) is 0.743. The zero-order valence-electron chi connectivity index (χ0n) is 14.3. The Kier molecular flexibility index (Phi) is 6.88. The second-order valence-corrected chi connectivity index (χ2v) is 6.36. The first-order valence-electron chi connectivity index (χ1n) is 8.60. The van der Waals surface area contributed by atoms with Crippen molar-refractivity contribution in [1.29, 1.82) is 0 Å². The van der Waals surface area contributed by atoms with Gasteiger partial charge in [-0.2, -0.15) is 0 Å². The van der Waals surface area contributed by atoms with Gasteiger partial charge >= 0.3 is 12.3 Å². The number of aliphatic carboxylic acids is 1. The van der Waals surface area contributed by atoms with Crippen molar-refractivity contribution in [1.82, 2.24) is 4.90 Å². The van der Waals surface area contributed by atoms with Crippen LogP contribution in [0.4, 0.5) is 13.2 Å². The van der Waals surface area contributed by atoms with Crippen molar-refractivity contribution in [3.05, 3.63) is 29.8 Å². The maximum Gasteiger partial charge on any atom is 0.573 e. The number of aryl methyl sites for hydroxylation is 1. The molecule has 5 nitrogen and oxygen atoms in total. The second-order valence-electron chi connectivity index (χ2n) is 6.36. The number of piperidine rings is 1. The average Bonchev–Trinajstić information content (AvgIpc) is 2.58. The van der Waals surface area contributed by atoms with E-state index in [1.54, 1.807) is 4.90 Å². The summed E-state index contributed by atoms with van der Waals surface area (Å²) in [6, 6.07) is 5.42. The molecule has 1 N–H and O–H groups in total. The summed E-state index contributed by atoms with van der Waals surface area (Å²) in [5.74, 6) is -1.21. The number of amides is 1. The molecule has 8 heteroatoms. The monoisotopic (exact) mass is 373 g/mol. The summed E-state index contributed by atoms with van der Waals surface area (Å²) in [5, 5.41) is 8.83. The lowest BCUT2D eigenvalue weighted by molar-refractivity contribution is -0.274. The lowest BCUT2D eigenvalue weighted by Crippen LogP contribution is -2.44. The van der Waals surface area contributed by atoms with Gasteiger partial charge in [0.2, 0.25) is 5.91 Å². The Morgan fingerprint density at radius 2 is 1.85 bits per heavy atom. The minimum absolute atomic E-state index is 0.0368. The average molecular weight is 373 g/mol. The van der Waals surface area contributed by atoms with Crippen molar-refractivity contribution in [3.8, 4) is 5.75 Å². The van der Waals surface area contributed by atoms with Crippen LogP contribution in [-0.4, -0.2) is 40.8 Å². The van der Waals surface area contributed by atoms with Crippen molar-refractivity contribution in [3.63, 3.8) is 0 Å². The molecule has 1 amide bonds. The van der Waals surface area contributed by atoms with E-state index in [0.29, 0.717) is 19.4 Å². The Bertz CT molecular complexity index is 616. The Labute approximate surface area is 149 Å². The number of halogens is 3. The molecule has 0 spiro atoms. The van der Waals surface area contributed by atoms with Crippen LogP contribution in [0.3, 0.4) is 0 Å². The minimum Gasteiger partial charge on any atom is -0.481 e. The number of ether oxygens (including phenoxy) is 1. The van der Waals surface area contributed by atoms with Crippen LogP contribution in [0.25, 0.3) is 0 Å². The number of carbonyl (C=O) groups is 2. The third-order valence-electron chi connectivity index (χ3n) is 4.42. The van der Waals surface area contributed by atoms with Crippen LogP contribution < -0.4 is 4.74 Å². The maximum absolute atomic E-state index is 12.5. The molecule has 1 aromatic rings. The van der Waals surface area contributed by atoms with Crippen molar-refractivity contribution in [2.45, 2.75) is 57.3 Å². The largest absolute Gasteiger partial charge is 0.573 e. The molecule has 1 fully saturated rings. The van der Waals surface area contributed by atoms with Gasteiger partial charge in [-0.15, -0.1) is 13.2 Å². The zero-order valence-corrected chi connectivity index (χ0v) is 14.3. The van der Waals surface area contributed by atoms with Gasteiger partial charge in [-0.05, 0) is 49.8 Å². The van der Waals surface area contributed by atoms with Crippen LogP contribution in [0.15, 0.2) is 24.3 Å². The Balaban J connectivity index is 1.87. The van der Waals surface area contributed by atoms with E-state index in [1.165, 1.54) is 24.3 Å². The Morgan fingerprint density at radius 1 is 1.15 bits per heavy atom. The van der Waals surface area contributed by atoms with Crippen LogP contribution in [-0.2, 0) is 16.0 Å². The molecule has 1 atom stereocenters. The summed E-state index contributed by atoms with van der Waals surface area (Å²) in [6.45, 7) is 0.626. The Morgan fingerprint density at radius 3 is 2.46 bits per heavy atom. The molecule has 0 saturated carbocycles. The predicted molar refractivity (Wildman–Crippen MR) is 87.7 cm³/mol. The van der Waals surface area contributed by atoms with E-state index in [4.69, 9.17) is 5.11 Å². The lowest BCUT2D eigenvalue weighted by atomic mass is 9.97. The number of hydrogen-bond donors (Lipinski definition) is 1. The molecule has 144 valence electrons. The quantitative estimate of drug-likeness (QED) is 0.790. The van der Waals surface area contributed by atoms with E-state index in [0.717, 1.165) is 24.8 Å². The second kappa shape index (κ2) is 8.91. The molecule has 1 unspecified atom stereocenters. The number of carbonyl (C=O) groups excluding carboxylic acids is 1. The number of alkyl halides is 3. The van der Waals surface area contributed by atoms with Crippen LogP contribution >= 0.6 is 0 Å². The van der Waals surface area contributed by atoms with Gasteiger partial charge in [-0.3, -0.25) is 9.59 Å². The van der Waals surface area contributed by atoms with E-state index < -0.39 is 12.3 Å². The highest BCUT2D eigenvalue weighted by Crippen LogP contribution is 2.24. The Hall–Kier alpha value is -2.25. The molecular weight excluding hydrogens is 351 g/mol. The van der Waals surface area contributed by atoms with E-state index in [9.17, 15) is 22.8 Å². The topological polar surface area (TPSA) is 66.8 Å². The normalized spacial score (nSPS) is 17.8. The molecule has 2 rings (SSSR count). The fraction of sp³-hybridized carbons (Fsp3) is 0.556. The van der Waals surface area contributed by atoms with Crippen molar-refractivity contribution in [2.75, 3.05) is 6.54 Å². The zero-order chi connectivity index (χ0) is 19.2. The fourth-order valence-corrected chi connectivity index (χ4v) is 3.17. The third-order valence-corrected chi connectivity index (χ3v) is 4.42. The number of benzene rings is 1. The molecule has 0 radical (unpaired) electrons. The van der Waals surface area contributed by atoms with Gasteiger partial charge in [0.1, 0.15) is 5.75 Å². The van der Waals surface area contributed by atoms with Gasteiger partial charge in [0, 0.05) is 25.4 Å². The maximum atomic E-state index is 12.5. The third kappa shape index (κ3) is 6.57. The number of rotatable bonds is 7. The number of carboxylic acids is 1.